The zero-order valence-corrected chi connectivity index (χ0v) is 81.3. The average molecular weight is 1820 g/mol. The van der Waals surface area contributed by atoms with Crippen LogP contribution in [0.25, 0.3) is 0 Å². The minimum atomic E-state index is -5.64. The maximum atomic E-state index is 14.9. The van der Waals surface area contributed by atoms with E-state index in [-0.39, 0.29) is 32.1 Å². The number of esters is 4. The second-order valence-corrected chi connectivity index (χ2v) is 39.6. The van der Waals surface area contributed by atoms with E-state index in [0.717, 1.165) is 238 Å². The van der Waals surface area contributed by atoms with Gasteiger partial charge in [-0.15, -0.1) is 0 Å². The van der Waals surface area contributed by atoms with Gasteiger partial charge in [0.2, 0.25) is 11.8 Å². The van der Waals surface area contributed by atoms with Gasteiger partial charge in [0.05, 0.1) is 51.1 Å². The number of aliphatic hydroxyl groups excluding tert-OH is 4. The summed E-state index contributed by atoms with van der Waals surface area (Å²) in [6.45, 7) is 11.9. The molecule has 125 heavy (non-hydrogen) atoms. The first-order chi connectivity index (χ1) is 60.3. The van der Waals surface area contributed by atoms with Crippen molar-refractivity contribution in [3.8, 4) is 0 Å². The molecule has 2 amide bonds. The molecule has 0 spiro atoms. The van der Waals surface area contributed by atoms with Crippen molar-refractivity contribution >= 4 is 51.1 Å². The highest BCUT2D eigenvalue weighted by atomic mass is 31.2. The summed E-state index contributed by atoms with van der Waals surface area (Å²) in [6, 6.07) is -3.66. The van der Waals surface area contributed by atoms with Crippen molar-refractivity contribution < 1.29 is 115 Å². The first-order valence-corrected chi connectivity index (χ1v) is 54.5. The number of ether oxygens (including phenoxy) is 7. The van der Waals surface area contributed by atoms with E-state index in [1.165, 1.54) is 103 Å². The first-order valence-electron chi connectivity index (χ1n) is 51.0. The third kappa shape index (κ3) is 63.5. The lowest BCUT2D eigenvalue weighted by Crippen LogP contribution is -2.68. The highest BCUT2D eigenvalue weighted by molar-refractivity contribution is 7.51. The van der Waals surface area contributed by atoms with Crippen LogP contribution in [0.1, 0.15) is 478 Å². The molecule has 2 aliphatic heterocycles. The van der Waals surface area contributed by atoms with Gasteiger partial charge in [-0.05, 0) is 51.4 Å². The van der Waals surface area contributed by atoms with Gasteiger partial charge < -0.3 is 78.9 Å². The Morgan fingerprint density at radius 3 is 0.992 bits per heavy atom. The summed E-state index contributed by atoms with van der Waals surface area (Å²) in [5.74, 6) is -4.78. The molecule has 2 fully saturated rings. The Hall–Kier alpha value is -3.20. The van der Waals surface area contributed by atoms with Crippen molar-refractivity contribution in [2.75, 3.05) is 19.9 Å². The molecule has 0 aliphatic carbocycles. The van der Waals surface area contributed by atoms with Crippen LogP contribution in [-0.4, -0.2) is 176 Å². The second-order valence-electron chi connectivity index (χ2n) is 36.5. The van der Waals surface area contributed by atoms with E-state index < -0.39 is 176 Å². The monoisotopic (exact) mass is 1820 g/mol. The Kier molecular flexibility index (Phi) is 72.9. The molecule has 9 N–H and O–H groups in total. The van der Waals surface area contributed by atoms with Crippen LogP contribution in [0.5, 0.6) is 0 Å². The Bertz CT molecular complexity index is 2750. The molecule has 7 unspecified atom stereocenters. The maximum Gasteiger partial charge on any atom is 0.470 e. The molecule has 0 bridgehead atoms. The minimum absolute atomic E-state index is 0.0940. The van der Waals surface area contributed by atoms with E-state index in [0.29, 0.717) is 44.9 Å². The quantitative estimate of drug-likeness (QED) is 0.0118. The molecule has 736 valence electrons. The number of carbonyl (C=O) groups excluding carboxylic acids is 6. The van der Waals surface area contributed by atoms with Gasteiger partial charge >= 0.3 is 39.3 Å². The smallest absolute Gasteiger partial charge is 0.462 e. The standard InChI is InChI=1S/C97H184N2O24P2/c1-8-14-20-26-32-38-39-40-41-47-53-59-64-70-86(105)116-80(68-62-56-50-44-35-29-23-17-11-4)74-85(104)99-90-94(120-88(107)73-79(102)67-61-55-49-43-34-28-22-16-10-3)92(109)83(119-97(90)123-124(7,110)111)77-115-96-91(98-84(103)72-78(101)66-60-54-48-42-33-27-21-15-9-2)95(93(82(76-100)118-96)122-125(112,113)114)121-89(108)75-81(69-63-57-51-45-36-30-24-18-12-5)117-87(106)71-65-58-52-46-37-31-25-19-13-6/h78-83,90-97,100-102,109H,8-77H2,1-7H3,(H,98,103)(H,99,104)(H,110,111)(H2,112,113,114)/t78-,79-,80-,81-,82?,83?,90+,91+,92-,93?,94?,95?,96-,97?/m1/s1. The van der Waals surface area contributed by atoms with Gasteiger partial charge in [-0.3, -0.25) is 42.4 Å². The van der Waals surface area contributed by atoms with Crippen LogP contribution < -0.4 is 10.6 Å². The molecule has 26 nitrogen and oxygen atoms in total. The number of phosphoric ester groups is 1. The largest absolute Gasteiger partial charge is 0.470 e. The summed E-state index contributed by atoms with van der Waals surface area (Å²) in [5.41, 5.74) is 0. The Morgan fingerprint density at radius 2 is 0.640 bits per heavy atom. The molecule has 28 heteroatoms. The van der Waals surface area contributed by atoms with E-state index in [1.54, 1.807) is 0 Å². The van der Waals surface area contributed by atoms with Crippen molar-refractivity contribution in [3.05, 3.63) is 0 Å². The number of hydrogen-bond acceptors (Lipinski definition) is 21. The lowest BCUT2D eigenvalue weighted by atomic mass is 9.95. The van der Waals surface area contributed by atoms with Crippen LogP contribution >= 0.6 is 15.4 Å². The van der Waals surface area contributed by atoms with Crippen LogP contribution in [0, 0.1) is 0 Å². The number of carbonyl (C=O) groups is 6. The highest BCUT2D eigenvalue weighted by Crippen LogP contribution is 2.44. The molecule has 2 rings (SSSR count). The zero-order valence-electron chi connectivity index (χ0n) is 79.5. The van der Waals surface area contributed by atoms with Crippen molar-refractivity contribution in [1.29, 1.82) is 0 Å². The summed E-state index contributed by atoms with van der Waals surface area (Å²) in [6.07, 6.45) is 38.8. The molecule has 15 atom stereocenters. The van der Waals surface area contributed by atoms with Crippen LogP contribution in [0.3, 0.4) is 0 Å². The van der Waals surface area contributed by atoms with Crippen LogP contribution in [0.15, 0.2) is 0 Å². The van der Waals surface area contributed by atoms with E-state index in [2.05, 4.69) is 52.2 Å². The van der Waals surface area contributed by atoms with E-state index in [9.17, 15) is 73.0 Å². The van der Waals surface area contributed by atoms with Crippen molar-refractivity contribution in [2.24, 2.45) is 0 Å². The van der Waals surface area contributed by atoms with E-state index in [4.69, 9.17) is 42.2 Å². The summed E-state index contributed by atoms with van der Waals surface area (Å²) in [5, 5.41) is 52.2. The number of amides is 2. The molecule has 0 radical (unpaired) electrons. The van der Waals surface area contributed by atoms with Gasteiger partial charge in [0.25, 0.3) is 0 Å². The molecule has 0 aromatic heterocycles. The fourth-order valence-corrected chi connectivity index (χ4v) is 18.1. The van der Waals surface area contributed by atoms with Gasteiger partial charge in [0.1, 0.15) is 48.7 Å². The Balaban J connectivity index is 2.77. The van der Waals surface area contributed by atoms with E-state index >= 15 is 0 Å². The Labute approximate surface area is 756 Å². The summed E-state index contributed by atoms with van der Waals surface area (Å²) >= 11 is 0. The molecule has 0 aromatic carbocycles. The summed E-state index contributed by atoms with van der Waals surface area (Å²) in [7, 11) is -10.3. The highest BCUT2D eigenvalue weighted by Gasteiger charge is 2.55. The molecular weight excluding hydrogens is 1640 g/mol. The molecule has 0 aromatic rings. The first kappa shape index (κ1) is 118. The lowest BCUT2D eigenvalue weighted by Gasteiger charge is -2.47. The van der Waals surface area contributed by atoms with E-state index in [1.807, 2.05) is 0 Å². The van der Waals surface area contributed by atoms with Crippen molar-refractivity contribution in [2.45, 2.75) is 564 Å². The molecule has 2 heterocycles. The fourth-order valence-electron chi connectivity index (χ4n) is 17.0. The third-order valence-electron chi connectivity index (χ3n) is 24.4. The molecule has 2 aliphatic rings. The van der Waals surface area contributed by atoms with Gasteiger partial charge in [-0.2, -0.15) is 0 Å². The van der Waals surface area contributed by atoms with Gasteiger partial charge in [-0.1, -0.05) is 388 Å². The number of phosphoric acid groups is 1. The Morgan fingerprint density at radius 1 is 0.344 bits per heavy atom. The molecule has 2 saturated heterocycles. The molecular formula is C97H184N2O24P2. The maximum absolute atomic E-state index is 14.9. The van der Waals surface area contributed by atoms with Gasteiger partial charge in [0, 0.05) is 19.5 Å². The lowest BCUT2D eigenvalue weighted by molar-refractivity contribution is -0.296. The zero-order chi connectivity index (χ0) is 91.8. The number of unbranched alkanes of at least 4 members (excludes halogenated alkanes) is 52. The number of nitrogens with one attached hydrogen (secondary N) is 2. The van der Waals surface area contributed by atoms with Crippen LogP contribution in [0.2, 0.25) is 0 Å². The number of aliphatic hydroxyl groups is 4. The second kappa shape index (κ2) is 77.3. The summed E-state index contributed by atoms with van der Waals surface area (Å²) in [4.78, 5) is 118. The average Bonchev–Trinajstić information content (AvgIpc) is 0.780. The predicted molar refractivity (Wildman–Crippen MR) is 494 cm³/mol. The van der Waals surface area contributed by atoms with Crippen LogP contribution in [-0.2, 0) is 80.1 Å². The predicted octanol–water partition coefficient (Wildman–Crippen LogP) is 22.1. The number of hydrogen-bond donors (Lipinski definition) is 9. The minimum Gasteiger partial charge on any atom is -0.462 e. The SMILES string of the molecule is CCCCCCCCCCCCCCCC(=O)O[C@H](CCCCCCCCCCC)CC(=O)N[C@@H]1C(OP(C)(=O)O)OC(CO[C@@H]2OC(CO)C(OP(=O)(O)O)C(OC(=O)C[C@@H](CCCCCCCCCCC)OC(=O)CCCCCCCCCCC)[C@@H]2NC(=O)C[C@H](O)CCCCCCCCCCC)[C@@H](O)C1OC(=O)C[C@H](O)CCCCCCCCCCC. The van der Waals surface area contributed by atoms with Crippen molar-refractivity contribution in [3.63, 3.8) is 0 Å². The topological polar surface area (TPSA) is 385 Å². The van der Waals surface area contributed by atoms with Gasteiger partial charge in [-0.25, -0.2) is 4.57 Å². The fraction of sp³-hybridized carbons (Fsp3) is 0.938. The third-order valence-corrected chi connectivity index (χ3v) is 25.5. The van der Waals surface area contributed by atoms with Crippen LogP contribution in [0.4, 0.5) is 0 Å². The van der Waals surface area contributed by atoms with Gasteiger partial charge in [0.15, 0.2) is 24.8 Å². The number of rotatable bonds is 86. The normalized spacial score (nSPS) is 20.6. The molecule has 0 saturated carbocycles. The summed E-state index contributed by atoms with van der Waals surface area (Å²) < 4.78 is 81.4. The van der Waals surface area contributed by atoms with Crippen molar-refractivity contribution in [1.82, 2.24) is 10.6 Å².